The van der Waals surface area contributed by atoms with E-state index >= 15 is 0 Å². The van der Waals surface area contributed by atoms with Crippen LogP contribution in [0.1, 0.15) is 20.3 Å². The van der Waals surface area contributed by atoms with Gasteiger partial charge in [0.1, 0.15) is 11.1 Å². The Labute approximate surface area is 144 Å². The van der Waals surface area contributed by atoms with Crippen LogP contribution >= 0.6 is 11.8 Å². The molecule has 6 nitrogen and oxygen atoms in total. The van der Waals surface area contributed by atoms with Crippen LogP contribution in [0.5, 0.6) is 5.75 Å². The maximum atomic E-state index is 12.3. The molecule has 1 aromatic carbocycles. The van der Waals surface area contributed by atoms with Crippen molar-refractivity contribution in [3.63, 3.8) is 0 Å². The number of ether oxygens (including phenoxy) is 1. The zero-order valence-electron chi connectivity index (χ0n) is 13.9. The van der Waals surface area contributed by atoms with Gasteiger partial charge in [0, 0.05) is 5.75 Å². The second kappa shape index (κ2) is 7.09. The molecule has 1 N–H and O–H groups in total. The van der Waals surface area contributed by atoms with Crippen molar-refractivity contribution in [1.29, 1.82) is 0 Å². The molecular formula is C17H20N4O2S. The highest BCUT2D eigenvalue weighted by molar-refractivity contribution is 7.99. The van der Waals surface area contributed by atoms with E-state index in [0.717, 1.165) is 23.6 Å². The van der Waals surface area contributed by atoms with Crippen LogP contribution in [-0.2, 0) is 0 Å². The second-order valence-electron chi connectivity index (χ2n) is 5.89. The van der Waals surface area contributed by atoms with Crippen molar-refractivity contribution in [2.75, 3.05) is 12.9 Å². The van der Waals surface area contributed by atoms with Gasteiger partial charge in [0.05, 0.1) is 19.0 Å². The number of rotatable bonds is 6. The first-order valence-corrected chi connectivity index (χ1v) is 8.82. The highest BCUT2D eigenvalue weighted by Gasteiger charge is 2.12. The third kappa shape index (κ3) is 3.46. The first-order chi connectivity index (χ1) is 11.6. The summed E-state index contributed by atoms with van der Waals surface area (Å²) in [6.45, 7) is 4.36. The number of nitrogens with zero attached hydrogens (tertiary/aromatic N) is 3. The van der Waals surface area contributed by atoms with Crippen molar-refractivity contribution in [2.45, 2.75) is 25.4 Å². The van der Waals surface area contributed by atoms with E-state index < -0.39 is 0 Å². The van der Waals surface area contributed by atoms with E-state index in [1.165, 1.54) is 0 Å². The Bertz CT molecular complexity index is 884. The quantitative estimate of drug-likeness (QED) is 0.549. The molecule has 0 saturated heterocycles. The molecule has 0 aliphatic rings. The second-order valence-corrected chi connectivity index (χ2v) is 6.98. The largest absolute Gasteiger partial charge is 0.497 e. The van der Waals surface area contributed by atoms with Gasteiger partial charge in [-0.1, -0.05) is 25.6 Å². The molecule has 0 aliphatic heterocycles. The van der Waals surface area contributed by atoms with Crippen LogP contribution in [0.4, 0.5) is 0 Å². The van der Waals surface area contributed by atoms with Gasteiger partial charge in [-0.3, -0.25) is 4.79 Å². The van der Waals surface area contributed by atoms with Gasteiger partial charge in [0.2, 0.25) is 0 Å². The first-order valence-electron chi connectivity index (χ1n) is 7.83. The summed E-state index contributed by atoms with van der Waals surface area (Å²) in [7, 11) is 1.63. The lowest BCUT2D eigenvalue weighted by Crippen LogP contribution is -2.10. The molecule has 0 amide bonds. The lowest BCUT2D eigenvalue weighted by atomic mass is 10.2. The normalized spacial score (nSPS) is 11.3. The summed E-state index contributed by atoms with van der Waals surface area (Å²) in [4.78, 5) is 19.7. The van der Waals surface area contributed by atoms with Gasteiger partial charge in [0.25, 0.3) is 5.56 Å². The lowest BCUT2D eigenvalue weighted by molar-refractivity contribution is 0.414. The maximum Gasteiger partial charge on any atom is 0.262 e. The van der Waals surface area contributed by atoms with Gasteiger partial charge < -0.3 is 9.72 Å². The topological polar surface area (TPSA) is 72.8 Å². The van der Waals surface area contributed by atoms with Gasteiger partial charge in [0.15, 0.2) is 10.8 Å². The minimum atomic E-state index is -0.160. The van der Waals surface area contributed by atoms with E-state index in [9.17, 15) is 4.79 Å². The smallest absolute Gasteiger partial charge is 0.262 e. The Morgan fingerprint density at radius 3 is 2.71 bits per heavy atom. The van der Waals surface area contributed by atoms with Crippen molar-refractivity contribution in [3.8, 4) is 11.4 Å². The van der Waals surface area contributed by atoms with E-state index in [-0.39, 0.29) is 5.56 Å². The molecule has 0 atom stereocenters. The van der Waals surface area contributed by atoms with Crippen LogP contribution in [0, 0.1) is 5.92 Å². The number of nitrogens with one attached hydrogen (secondary N) is 1. The Morgan fingerprint density at radius 1 is 1.29 bits per heavy atom. The Balaban J connectivity index is 1.96. The van der Waals surface area contributed by atoms with Gasteiger partial charge in [-0.2, -0.15) is 5.10 Å². The molecule has 126 valence electrons. The zero-order valence-corrected chi connectivity index (χ0v) is 14.8. The lowest BCUT2D eigenvalue weighted by Gasteiger charge is -2.06. The van der Waals surface area contributed by atoms with Crippen LogP contribution in [0.3, 0.4) is 0 Å². The van der Waals surface area contributed by atoms with Crippen molar-refractivity contribution in [2.24, 2.45) is 5.92 Å². The molecule has 0 saturated carbocycles. The average Bonchev–Trinajstić information content (AvgIpc) is 2.99. The van der Waals surface area contributed by atoms with Crippen LogP contribution in [0.15, 0.2) is 40.4 Å². The number of aromatic nitrogens is 4. The summed E-state index contributed by atoms with van der Waals surface area (Å²) >= 11 is 1.56. The van der Waals surface area contributed by atoms with Crippen molar-refractivity contribution < 1.29 is 4.74 Å². The van der Waals surface area contributed by atoms with Crippen molar-refractivity contribution >= 4 is 22.8 Å². The number of thioether (sulfide) groups is 1. The number of fused-ring (bicyclic) bond motifs is 1. The molecule has 0 radical (unpaired) electrons. The fourth-order valence-electron chi connectivity index (χ4n) is 2.27. The highest BCUT2D eigenvalue weighted by Crippen LogP contribution is 2.20. The predicted octanol–water partition coefficient (Wildman–Crippen LogP) is 3.26. The van der Waals surface area contributed by atoms with Gasteiger partial charge in [-0.05, 0) is 36.6 Å². The molecule has 3 rings (SSSR count). The minimum absolute atomic E-state index is 0.160. The molecule has 0 aliphatic carbocycles. The first kappa shape index (κ1) is 16.6. The zero-order chi connectivity index (χ0) is 17.1. The summed E-state index contributed by atoms with van der Waals surface area (Å²) < 4.78 is 6.85. The molecule has 24 heavy (non-hydrogen) atoms. The summed E-state index contributed by atoms with van der Waals surface area (Å²) in [5.41, 5.74) is 1.24. The molecule has 3 aromatic rings. The molecule has 2 heterocycles. The van der Waals surface area contributed by atoms with E-state index in [2.05, 4.69) is 28.9 Å². The van der Waals surface area contributed by atoms with Crippen LogP contribution in [0.25, 0.3) is 16.7 Å². The van der Waals surface area contributed by atoms with Crippen LogP contribution in [-0.4, -0.2) is 32.6 Å². The van der Waals surface area contributed by atoms with Gasteiger partial charge in [-0.15, -0.1) is 0 Å². The number of benzene rings is 1. The predicted molar refractivity (Wildman–Crippen MR) is 96.2 cm³/mol. The number of aromatic amines is 1. The SMILES string of the molecule is COc1ccc(-n2ncc3c(=O)[nH]c(SCCC(C)C)nc32)cc1. The number of methoxy groups -OCH3 is 1. The molecule has 0 unspecified atom stereocenters. The van der Waals surface area contributed by atoms with Crippen LogP contribution in [0.2, 0.25) is 0 Å². The standard InChI is InChI=1S/C17H20N4O2S/c1-11(2)8-9-24-17-19-15-14(16(22)20-17)10-18-21(15)12-4-6-13(23-3)7-5-12/h4-7,10-11H,8-9H2,1-3H3,(H,19,20,22). The number of hydrogen-bond acceptors (Lipinski definition) is 5. The number of H-pyrrole nitrogens is 1. The van der Waals surface area contributed by atoms with Crippen LogP contribution < -0.4 is 10.3 Å². The third-order valence-electron chi connectivity index (χ3n) is 3.67. The maximum absolute atomic E-state index is 12.3. The molecular weight excluding hydrogens is 324 g/mol. The van der Waals surface area contributed by atoms with Gasteiger partial charge >= 0.3 is 0 Å². The highest BCUT2D eigenvalue weighted by atomic mass is 32.2. The molecule has 2 aromatic heterocycles. The summed E-state index contributed by atoms with van der Waals surface area (Å²) in [6.07, 6.45) is 2.62. The summed E-state index contributed by atoms with van der Waals surface area (Å²) in [6, 6.07) is 7.49. The Kier molecular flexibility index (Phi) is 4.89. The molecule has 0 bridgehead atoms. The third-order valence-corrected chi connectivity index (χ3v) is 4.57. The van der Waals surface area contributed by atoms with E-state index in [4.69, 9.17) is 4.74 Å². The van der Waals surface area contributed by atoms with Crippen molar-refractivity contribution in [3.05, 3.63) is 40.8 Å². The van der Waals surface area contributed by atoms with Crippen molar-refractivity contribution in [1.82, 2.24) is 19.7 Å². The monoisotopic (exact) mass is 344 g/mol. The molecule has 7 heteroatoms. The Morgan fingerprint density at radius 2 is 2.04 bits per heavy atom. The molecule has 0 fully saturated rings. The Hall–Kier alpha value is -2.28. The fourth-order valence-corrected chi connectivity index (χ4v) is 3.37. The van der Waals surface area contributed by atoms with Gasteiger partial charge in [-0.25, -0.2) is 9.67 Å². The van der Waals surface area contributed by atoms with E-state index in [1.54, 1.807) is 29.8 Å². The van der Waals surface area contributed by atoms with E-state index in [0.29, 0.717) is 22.1 Å². The summed E-state index contributed by atoms with van der Waals surface area (Å²) in [5, 5.41) is 5.43. The number of hydrogen-bond donors (Lipinski definition) is 1. The fraction of sp³-hybridized carbons (Fsp3) is 0.353. The average molecular weight is 344 g/mol. The summed E-state index contributed by atoms with van der Waals surface area (Å²) in [5.74, 6) is 2.31. The minimum Gasteiger partial charge on any atom is -0.497 e. The molecule has 0 spiro atoms. The van der Waals surface area contributed by atoms with E-state index in [1.807, 2.05) is 24.3 Å².